The van der Waals surface area contributed by atoms with Crippen LogP contribution in [0.2, 0.25) is 0 Å². The summed E-state index contributed by atoms with van der Waals surface area (Å²) in [5, 5.41) is 2.89. The topological polar surface area (TPSA) is 105 Å². The third-order valence-electron chi connectivity index (χ3n) is 6.34. The van der Waals surface area contributed by atoms with Crippen LogP contribution in [0.15, 0.2) is 58.4 Å². The highest BCUT2D eigenvalue weighted by Gasteiger charge is 2.25. The molecule has 4 rings (SSSR count). The molecule has 1 N–H and O–H groups in total. The van der Waals surface area contributed by atoms with Gasteiger partial charge in [-0.15, -0.1) is 0 Å². The molecule has 3 aromatic rings. The Hall–Kier alpha value is -3.24. The van der Waals surface area contributed by atoms with E-state index in [9.17, 15) is 18.0 Å². The predicted octanol–water partition coefficient (Wildman–Crippen LogP) is 3.06. The third-order valence-corrected chi connectivity index (χ3v) is 8.38. The first-order valence-corrected chi connectivity index (χ1v) is 13.4. The average molecular weight is 498 g/mol. The summed E-state index contributed by atoms with van der Waals surface area (Å²) in [6.07, 6.45) is 4.41. The molecular weight excluding hydrogens is 466 g/mol. The van der Waals surface area contributed by atoms with Crippen LogP contribution in [-0.2, 0) is 21.4 Å². The number of hydrogen-bond acceptors (Lipinski definition) is 6. The molecule has 2 aromatic carbocycles. The van der Waals surface area contributed by atoms with Crippen LogP contribution in [0.4, 0.5) is 11.4 Å². The zero-order valence-corrected chi connectivity index (χ0v) is 20.9. The summed E-state index contributed by atoms with van der Waals surface area (Å²) in [6, 6.07) is 12.0. The number of carbonyl (C=O) groups is 1. The van der Waals surface area contributed by atoms with E-state index >= 15 is 0 Å². The molecule has 1 saturated heterocycles. The van der Waals surface area contributed by atoms with Crippen molar-refractivity contribution in [2.75, 3.05) is 36.4 Å². The Morgan fingerprint density at radius 1 is 1.06 bits per heavy atom. The Kier molecular flexibility index (Phi) is 7.51. The smallest absolute Gasteiger partial charge is 0.269 e. The van der Waals surface area contributed by atoms with Crippen LogP contribution in [0, 0.1) is 0 Å². The van der Waals surface area contributed by atoms with Gasteiger partial charge < -0.3 is 10.2 Å². The van der Waals surface area contributed by atoms with E-state index in [0.717, 1.165) is 38.0 Å². The molecule has 0 unspecified atom stereocenters. The minimum absolute atomic E-state index is 0.129. The summed E-state index contributed by atoms with van der Waals surface area (Å²) >= 11 is 0. The van der Waals surface area contributed by atoms with Gasteiger partial charge in [-0.2, -0.15) is 4.31 Å². The van der Waals surface area contributed by atoms with E-state index in [2.05, 4.69) is 15.2 Å². The maximum atomic E-state index is 13.2. The van der Waals surface area contributed by atoms with Crippen molar-refractivity contribution in [2.24, 2.45) is 0 Å². The zero-order valence-electron chi connectivity index (χ0n) is 20.1. The molecule has 1 aromatic heterocycles. The molecule has 0 bridgehead atoms. The Morgan fingerprint density at radius 2 is 1.77 bits per heavy atom. The van der Waals surface area contributed by atoms with E-state index in [4.69, 9.17) is 0 Å². The molecule has 0 radical (unpaired) electrons. The molecule has 2 heterocycles. The Morgan fingerprint density at radius 3 is 2.49 bits per heavy atom. The number of rotatable bonds is 8. The van der Waals surface area contributed by atoms with Gasteiger partial charge in [0.25, 0.3) is 5.56 Å². The second kappa shape index (κ2) is 10.6. The average Bonchev–Trinajstić information content (AvgIpc) is 2.87. The van der Waals surface area contributed by atoms with Crippen LogP contribution in [0.1, 0.15) is 33.1 Å². The Labute approximate surface area is 205 Å². The molecule has 1 fully saturated rings. The maximum absolute atomic E-state index is 13.2. The number of nitrogens with zero attached hydrogens (tertiary/aromatic N) is 4. The van der Waals surface area contributed by atoms with Gasteiger partial charge in [0.05, 0.1) is 33.5 Å². The Balaban J connectivity index is 1.69. The van der Waals surface area contributed by atoms with Crippen molar-refractivity contribution in [1.82, 2.24) is 13.9 Å². The molecule has 35 heavy (non-hydrogen) atoms. The van der Waals surface area contributed by atoms with E-state index in [1.807, 2.05) is 6.07 Å². The SMILES string of the molecule is CCN(CC)S(=O)(=O)c1ccc(N2CCCCC2)c(NC(=O)Cn2c(=O)cnc3ccccc32)c1. The molecule has 1 amide bonds. The van der Waals surface area contributed by atoms with Gasteiger partial charge in [-0.25, -0.2) is 13.4 Å². The van der Waals surface area contributed by atoms with Gasteiger partial charge in [-0.1, -0.05) is 26.0 Å². The number of hydrogen-bond donors (Lipinski definition) is 1. The maximum Gasteiger partial charge on any atom is 0.269 e. The Bertz CT molecular complexity index is 1380. The van der Waals surface area contributed by atoms with Crippen molar-refractivity contribution in [3.05, 3.63) is 59.0 Å². The summed E-state index contributed by atoms with van der Waals surface area (Å²) < 4.78 is 29.1. The number of nitrogens with one attached hydrogen (secondary N) is 1. The number of carbonyl (C=O) groups excluding carboxylic acids is 1. The molecule has 1 aliphatic heterocycles. The summed E-state index contributed by atoms with van der Waals surface area (Å²) in [6.45, 7) is 5.75. The lowest BCUT2D eigenvalue weighted by atomic mass is 10.1. The fourth-order valence-corrected chi connectivity index (χ4v) is 5.99. The van der Waals surface area contributed by atoms with Crippen LogP contribution in [0.3, 0.4) is 0 Å². The number of fused-ring (bicyclic) bond motifs is 1. The van der Waals surface area contributed by atoms with Crippen LogP contribution < -0.4 is 15.8 Å². The lowest BCUT2D eigenvalue weighted by molar-refractivity contribution is -0.116. The number of para-hydroxylation sites is 2. The number of amides is 1. The fraction of sp³-hybridized carbons (Fsp3) is 0.400. The summed E-state index contributed by atoms with van der Waals surface area (Å²) in [4.78, 5) is 32.1. The quantitative estimate of drug-likeness (QED) is 0.513. The van der Waals surface area contributed by atoms with Crippen molar-refractivity contribution in [3.63, 3.8) is 0 Å². The minimum Gasteiger partial charge on any atom is -0.370 e. The fourth-order valence-electron chi connectivity index (χ4n) is 4.51. The standard InChI is InChI=1S/C25H31N5O4S/c1-3-29(4-2)35(33,34)19-12-13-22(28-14-8-5-9-15-28)21(16-19)27-24(31)18-30-23-11-7-6-10-20(23)26-17-25(30)32/h6-7,10-13,16-17H,3-5,8-9,14-15,18H2,1-2H3,(H,27,31). The molecule has 0 spiro atoms. The van der Waals surface area contributed by atoms with E-state index in [1.54, 1.807) is 44.2 Å². The molecule has 0 aliphatic carbocycles. The molecule has 10 heteroatoms. The summed E-state index contributed by atoms with van der Waals surface area (Å²) in [5.74, 6) is -0.418. The lowest BCUT2D eigenvalue weighted by Gasteiger charge is -2.31. The van der Waals surface area contributed by atoms with Crippen molar-refractivity contribution in [1.29, 1.82) is 0 Å². The number of anilines is 2. The highest BCUT2D eigenvalue weighted by molar-refractivity contribution is 7.89. The predicted molar refractivity (Wildman–Crippen MR) is 137 cm³/mol. The van der Waals surface area contributed by atoms with Crippen LogP contribution in [-0.4, -0.2) is 54.4 Å². The van der Waals surface area contributed by atoms with Crippen LogP contribution >= 0.6 is 0 Å². The van der Waals surface area contributed by atoms with Crippen molar-refractivity contribution >= 4 is 38.3 Å². The minimum atomic E-state index is -3.70. The number of sulfonamides is 1. The molecule has 0 saturated carbocycles. The van der Waals surface area contributed by atoms with E-state index in [1.165, 1.54) is 21.1 Å². The first kappa shape index (κ1) is 24.9. The van der Waals surface area contributed by atoms with Gasteiger partial charge in [0.2, 0.25) is 15.9 Å². The number of aromatic nitrogens is 2. The van der Waals surface area contributed by atoms with Gasteiger partial charge in [-0.05, 0) is 49.6 Å². The molecule has 0 atom stereocenters. The monoisotopic (exact) mass is 497 g/mol. The van der Waals surface area contributed by atoms with Crippen molar-refractivity contribution in [2.45, 2.75) is 44.6 Å². The van der Waals surface area contributed by atoms with Gasteiger partial charge in [0, 0.05) is 26.2 Å². The number of benzene rings is 2. The van der Waals surface area contributed by atoms with Gasteiger partial charge in [-0.3, -0.25) is 14.2 Å². The third kappa shape index (κ3) is 5.23. The molecular formula is C25H31N5O4S. The van der Waals surface area contributed by atoms with E-state index < -0.39 is 15.9 Å². The molecule has 9 nitrogen and oxygen atoms in total. The summed E-state index contributed by atoms with van der Waals surface area (Å²) in [7, 11) is -3.70. The second-order valence-electron chi connectivity index (χ2n) is 8.54. The van der Waals surface area contributed by atoms with E-state index in [-0.39, 0.29) is 17.0 Å². The highest BCUT2D eigenvalue weighted by Crippen LogP contribution is 2.32. The molecule has 1 aliphatic rings. The first-order chi connectivity index (χ1) is 16.8. The largest absolute Gasteiger partial charge is 0.370 e. The first-order valence-electron chi connectivity index (χ1n) is 12.0. The normalized spacial score (nSPS) is 14.4. The van der Waals surface area contributed by atoms with Crippen LogP contribution in [0.25, 0.3) is 11.0 Å². The lowest BCUT2D eigenvalue weighted by Crippen LogP contribution is -2.33. The summed E-state index contributed by atoms with van der Waals surface area (Å²) in [5.41, 5.74) is 2.00. The van der Waals surface area contributed by atoms with Gasteiger partial charge >= 0.3 is 0 Å². The van der Waals surface area contributed by atoms with Gasteiger partial charge in [0.15, 0.2) is 0 Å². The number of piperidine rings is 1. The van der Waals surface area contributed by atoms with Crippen molar-refractivity contribution in [3.8, 4) is 0 Å². The van der Waals surface area contributed by atoms with Crippen molar-refractivity contribution < 1.29 is 13.2 Å². The second-order valence-corrected chi connectivity index (χ2v) is 10.5. The zero-order chi connectivity index (χ0) is 25.0. The van der Waals surface area contributed by atoms with Gasteiger partial charge in [0.1, 0.15) is 6.54 Å². The van der Waals surface area contributed by atoms with E-state index in [0.29, 0.717) is 29.8 Å². The van der Waals surface area contributed by atoms with Crippen LogP contribution in [0.5, 0.6) is 0 Å². The highest BCUT2D eigenvalue weighted by atomic mass is 32.2. The molecule has 186 valence electrons.